The van der Waals surface area contributed by atoms with Crippen LogP contribution >= 0.6 is 22.9 Å². The fourth-order valence-corrected chi connectivity index (χ4v) is 4.98. The zero-order valence-electron chi connectivity index (χ0n) is 16.0. The van der Waals surface area contributed by atoms with Crippen molar-refractivity contribution in [1.82, 2.24) is 14.8 Å². The summed E-state index contributed by atoms with van der Waals surface area (Å²) in [6, 6.07) is 16.1. The molecule has 0 spiro atoms. The Kier molecular flexibility index (Phi) is 5.95. The summed E-state index contributed by atoms with van der Waals surface area (Å²) >= 11 is 7.71. The van der Waals surface area contributed by atoms with Crippen molar-refractivity contribution in [3.63, 3.8) is 0 Å². The maximum absolute atomic E-state index is 12.8. The number of para-hydroxylation sites is 1. The lowest BCUT2D eigenvalue weighted by Gasteiger charge is -2.33. The lowest BCUT2D eigenvalue weighted by molar-refractivity contribution is -0.133. The van der Waals surface area contributed by atoms with Gasteiger partial charge in [-0.2, -0.15) is 0 Å². The van der Waals surface area contributed by atoms with Gasteiger partial charge in [0.1, 0.15) is 0 Å². The third-order valence-corrected chi connectivity index (χ3v) is 6.66. The van der Waals surface area contributed by atoms with Gasteiger partial charge in [0.15, 0.2) is 0 Å². The second-order valence-corrected chi connectivity index (χ2v) is 9.00. The number of piperidine rings is 1. The second kappa shape index (κ2) is 8.60. The first-order chi connectivity index (χ1) is 13.6. The molecule has 2 aromatic carbocycles. The number of benzene rings is 2. The van der Waals surface area contributed by atoms with E-state index in [2.05, 4.69) is 23.1 Å². The van der Waals surface area contributed by atoms with Crippen LogP contribution in [-0.2, 0) is 11.3 Å². The number of hydrogen-bond donors (Lipinski definition) is 0. The van der Waals surface area contributed by atoms with E-state index in [4.69, 9.17) is 16.6 Å². The fourth-order valence-electron chi connectivity index (χ4n) is 3.76. The van der Waals surface area contributed by atoms with Crippen LogP contribution in [0.4, 0.5) is 0 Å². The molecule has 146 valence electrons. The summed E-state index contributed by atoms with van der Waals surface area (Å²) < 4.78 is 1.23. The Morgan fingerprint density at radius 2 is 2.04 bits per heavy atom. The molecular formula is C22H24ClN3OS. The molecule has 3 aromatic rings. The van der Waals surface area contributed by atoms with Gasteiger partial charge in [0.25, 0.3) is 0 Å². The zero-order chi connectivity index (χ0) is 19.5. The lowest BCUT2D eigenvalue weighted by Crippen LogP contribution is -2.43. The zero-order valence-corrected chi connectivity index (χ0v) is 17.5. The minimum absolute atomic E-state index is 0.197. The van der Waals surface area contributed by atoms with E-state index in [1.165, 1.54) is 4.70 Å². The number of rotatable bonds is 5. The molecule has 4 rings (SSSR count). The fraction of sp³-hybridized carbons (Fsp3) is 0.364. The van der Waals surface area contributed by atoms with E-state index in [0.717, 1.165) is 53.6 Å². The Morgan fingerprint density at radius 1 is 1.25 bits per heavy atom. The first kappa shape index (κ1) is 19.4. The summed E-state index contributed by atoms with van der Waals surface area (Å²) in [7, 11) is 1.99. The molecule has 4 nitrogen and oxygen atoms in total. The van der Waals surface area contributed by atoms with Gasteiger partial charge in [-0.3, -0.25) is 9.69 Å². The molecule has 0 N–H and O–H groups in total. The first-order valence-corrected chi connectivity index (χ1v) is 10.8. The highest BCUT2D eigenvalue weighted by atomic mass is 35.5. The summed E-state index contributed by atoms with van der Waals surface area (Å²) in [5.74, 6) is 0.541. The number of hydrogen-bond acceptors (Lipinski definition) is 4. The maximum Gasteiger partial charge on any atom is 0.236 e. The number of likely N-dealkylation sites (N-methyl/N-ethyl adjacent to an activating group) is 1. The van der Waals surface area contributed by atoms with Crippen LogP contribution in [0, 0.1) is 0 Å². The van der Waals surface area contributed by atoms with Crippen molar-refractivity contribution < 1.29 is 4.79 Å². The van der Waals surface area contributed by atoms with Crippen molar-refractivity contribution in [2.75, 3.05) is 26.7 Å². The van der Waals surface area contributed by atoms with E-state index in [1.54, 1.807) is 11.3 Å². The highest BCUT2D eigenvalue weighted by Gasteiger charge is 2.27. The Morgan fingerprint density at radius 3 is 2.82 bits per heavy atom. The molecule has 2 heterocycles. The number of halogens is 1. The number of aromatic nitrogens is 1. The van der Waals surface area contributed by atoms with Gasteiger partial charge in [0, 0.05) is 30.6 Å². The van der Waals surface area contributed by atoms with Crippen LogP contribution in [0.1, 0.15) is 29.3 Å². The average molecular weight is 414 g/mol. The smallest absolute Gasteiger partial charge is 0.236 e. The standard InChI is InChI=1S/C22H24ClN3OS/c1-25(13-16-8-10-18(23)11-9-16)15-21(27)26-12-4-5-17(14-26)22-24-19-6-2-3-7-20(19)28-22/h2-3,6-11,17H,4-5,12-15H2,1H3/t17-/m1/s1. The molecule has 0 bridgehead atoms. The van der Waals surface area contributed by atoms with Crippen molar-refractivity contribution >= 4 is 39.1 Å². The number of likely N-dealkylation sites (tertiary alicyclic amines) is 1. The third-order valence-electron chi connectivity index (χ3n) is 5.20. The van der Waals surface area contributed by atoms with Gasteiger partial charge in [0.2, 0.25) is 5.91 Å². The van der Waals surface area contributed by atoms with Crippen LogP contribution in [-0.4, -0.2) is 47.4 Å². The number of amides is 1. The van der Waals surface area contributed by atoms with Gasteiger partial charge < -0.3 is 4.90 Å². The summed E-state index contributed by atoms with van der Waals surface area (Å²) in [4.78, 5) is 21.7. The van der Waals surface area contributed by atoms with Gasteiger partial charge in [0.05, 0.1) is 21.8 Å². The molecule has 0 saturated carbocycles. The molecule has 1 amide bonds. The average Bonchev–Trinajstić information content (AvgIpc) is 3.14. The van der Waals surface area contributed by atoms with Crippen LogP contribution in [0.5, 0.6) is 0 Å². The SMILES string of the molecule is CN(CC(=O)N1CCC[C@@H](c2nc3ccccc3s2)C1)Cc1ccc(Cl)cc1. The molecule has 1 fully saturated rings. The van der Waals surface area contributed by atoms with Gasteiger partial charge in [-0.1, -0.05) is 35.9 Å². The Labute approximate surface area is 174 Å². The van der Waals surface area contributed by atoms with Crippen molar-refractivity contribution in [1.29, 1.82) is 0 Å². The molecule has 1 aromatic heterocycles. The van der Waals surface area contributed by atoms with Crippen molar-refractivity contribution in [2.45, 2.75) is 25.3 Å². The minimum atomic E-state index is 0.197. The quantitative estimate of drug-likeness (QED) is 0.603. The predicted molar refractivity (Wildman–Crippen MR) is 116 cm³/mol. The van der Waals surface area contributed by atoms with Crippen LogP contribution in [0.15, 0.2) is 48.5 Å². The van der Waals surface area contributed by atoms with Crippen LogP contribution in [0.2, 0.25) is 5.02 Å². The molecule has 0 radical (unpaired) electrons. The van der Waals surface area contributed by atoms with Crippen LogP contribution in [0.3, 0.4) is 0 Å². The number of nitrogens with zero attached hydrogens (tertiary/aromatic N) is 3. The molecule has 1 saturated heterocycles. The number of thiazole rings is 1. The first-order valence-electron chi connectivity index (χ1n) is 9.65. The predicted octanol–water partition coefficient (Wildman–Crippen LogP) is 4.79. The van der Waals surface area contributed by atoms with E-state index in [0.29, 0.717) is 12.5 Å². The van der Waals surface area contributed by atoms with Gasteiger partial charge in [-0.25, -0.2) is 4.98 Å². The van der Waals surface area contributed by atoms with Crippen LogP contribution < -0.4 is 0 Å². The van der Waals surface area contributed by atoms with E-state index < -0.39 is 0 Å². The van der Waals surface area contributed by atoms with E-state index in [1.807, 2.05) is 42.3 Å². The summed E-state index contributed by atoms with van der Waals surface area (Å²) in [6.07, 6.45) is 2.14. The lowest BCUT2D eigenvalue weighted by atomic mass is 9.98. The van der Waals surface area contributed by atoms with Crippen molar-refractivity contribution in [3.8, 4) is 0 Å². The largest absolute Gasteiger partial charge is 0.341 e. The van der Waals surface area contributed by atoms with Gasteiger partial charge >= 0.3 is 0 Å². The van der Waals surface area contributed by atoms with E-state index in [9.17, 15) is 4.79 Å². The molecule has 28 heavy (non-hydrogen) atoms. The van der Waals surface area contributed by atoms with Crippen molar-refractivity contribution in [2.24, 2.45) is 0 Å². The Bertz CT molecular complexity index is 923. The monoisotopic (exact) mass is 413 g/mol. The molecule has 6 heteroatoms. The molecule has 1 aliphatic heterocycles. The Hall–Kier alpha value is -1.95. The third kappa shape index (κ3) is 4.54. The van der Waals surface area contributed by atoms with Gasteiger partial charge in [-0.05, 0) is 49.7 Å². The summed E-state index contributed by atoms with van der Waals surface area (Å²) in [5.41, 5.74) is 2.22. The molecule has 1 aliphatic rings. The topological polar surface area (TPSA) is 36.4 Å². The van der Waals surface area contributed by atoms with Gasteiger partial charge in [-0.15, -0.1) is 11.3 Å². The molecule has 0 aliphatic carbocycles. The molecule has 1 atom stereocenters. The summed E-state index contributed by atoms with van der Waals surface area (Å²) in [5, 5.41) is 1.89. The summed E-state index contributed by atoms with van der Waals surface area (Å²) in [6.45, 7) is 2.77. The molecule has 0 unspecified atom stereocenters. The van der Waals surface area contributed by atoms with E-state index >= 15 is 0 Å². The maximum atomic E-state index is 12.8. The normalized spacial score (nSPS) is 17.4. The van der Waals surface area contributed by atoms with Crippen LogP contribution in [0.25, 0.3) is 10.2 Å². The second-order valence-electron chi connectivity index (χ2n) is 7.50. The molecular weight excluding hydrogens is 390 g/mol. The minimum Gasteiger partial charge on any atom is -0.341 e. The number of carbonyl (C=O) groups is 1. The highest BCUT2D eigenvalue weighted by Crippen LogP contribution is 2.33. The Balaban J connectivity index is 1.36. The highest BCUT2D eigenvalue weighted by molar-refractivity contribution is 7.18. The number of carbonyl (C=O) groups excluding carboxylic acids is 1. The number of fused-ring (bicyclic) bond motifs is 1. The van der Waals surface area contributed by atoms with E-state index in [-0.39, 0.29) is 5.91 Å². The van der Waals surface area contributed by atoms with Crippen molar-refractivity contribution in [3.05, 3.63) is 64.1 Å².